The number of benzene rings is 3. The summed E-state index contributed by atoms with van der Waals surface area (Å²) in [5.41, 5.74) is 3.88. The summed E-state index contributed by atoms with van der Waals surface area (Å²) >= 11 is 0. The van der Waals surface area contributed by atoms with Crippen LogP contribution in [0.1, 0.15) is 29.3 Å². The van der Waals surface area contributed by atoms with Crippen LogP contribution in [0.25, 0.3) is 22.9 Å². The largest absolute Gasteiger partial charge is 0.491 e. The lowest BCUT2D eigenvalue weighted by atomic mass is 10.1. The molecule has 1 aromatic heterocycles. The first kappa shape index (κ1) is 20.3. The van der Waals surface area contributed by atoms with Crippen molar-refractivity contribution in [3.8, 4) is 28.7 Å². The van der Waals surface area contributed by atoms with Crippen LogP contribution in [0.15, 0.2) is 77.2 Å². The molecule has 1 heterocycles. The van der Waals surface area contributed by atoms with Crippen molar-refractivity contribution in [1.29, 1.82) is 0 Å². The Bertz CT molecular complexity index is 1180. The number of amides is 1. The minimum Gasteiger partial charge on any atom is -0.491 e. The van der Waals surface area contributed by atoms with Gasteiger partial charge < -0.3 is 14.5 Å². The second-order valence-electron chi connectivity index (χ2n) is 7.10. The van der Waals surface area contributed by atoms with Gasteiger partial charge in [-0.3, -0.25) is 4.79 Å². The van der Waals surface area contributed by atoms with Crippen LogP contribution in [0, 0.1) is 6.92 Å². The maximum Gasteiger partial charge on any atom is 0.255 e. The molecule has 1 amide bonds. The van der Waals surface area contributed by atoms with E-state index < -0.39 is 0 Å². The van der Waals surface area contributed by atoms with Crippen LogP contribution in [0.3, 0.4) is 0 Å². The molecule has 6 nitrogen and oxygen atoms in total. The molecule has 0 fully saturated rings. The van der Waals surface area contributed by atoms with Crippen LogP contribution in [0.4, 0.5) is 5.69 Å². The zero-order valence-electron chi connectivity index (χ0n) is 17.5. The molecule has 4 rings (SSSR count). The highest BCUT2D eigenvalue weighted by atomic mass is 16.5. The molecule has 0 saturated carbocycles. The predicted octanol–water partition coefficient (Wildman–Crippen LogP) is 5.75. The Balaban J connectivity index is 1.49. The predicted molar refractivity (Wildman–Crippen MR) is 120 cm³/mol. The van der Waals surface area contributed by atoms with Gasteiger partial charge in [-0.1, -0.05) is 37.3 Å². The average molecular weight is 413 g/mol. The molecule has 0 aliphatic carbocycles. The minimum atomic E-state index is -0.217. The highest BCUT2D eigenvalue weighted by Crippen LogP contribution is 2.27. The first-order valence-corrected chi connectivity index (χ1v) is 10.2. The Morgan fingerprint density at radius 1 is 0.935 bits per heavy atom. The number of aryl methyl sites for hydroxylation is 1. The molecule has 3 aromatic carbocycles. The molecule has 6 heteroatoms. The highest BCUT2D eigenvalue weighted by molar-refractivity contribution is 6.05. The van der Waals surface area contributed by atoms with Gasteiger partial charge in [-0.25, -0.2) is 0 Å². The standard InChI is InChI=1S/C25H23N3O3/c1-3-16-30-22-11-7-6-10-21(22)26-23(29)18-12-14-19(15-13-18)24-27-28-25(31-24)20-9-5-4-8-17(20)2/h4-15H,3,16H2,1-2H3,(H,26,29). The number of ether oxygens (including phenoxy) is 1. The van der Waals surface area contributed by atoms with Gasteiger partial charge in [0.2, 0.25) is 11.8 Å². The van der Waals surface area contributed by atoms with Gasteiger partial charge in [-0.2, -0.15) is 0 Å². The Morgan fingerprint density at radius 3 is 2.42 bits per heavy atom. The lowest BCUT2D eigenvalue weighted by Gasteiger charge is -2.12. The lowest BCUT2D eigenvalue weighted by Crippen LogP contribution is -2.13. The fourth-order valence-corrected chi connectivity index (χ4v) is 3.13. The van der Waals surface area contributed by atoms with Crippen LogP contribution in [0.5, 0.6) is 5.75 Å². The highest BCUT2D eigenvalue weighted by Gasteiger charge is 2.14. The Labute approximate surface area is 180 Å². The fourth-order valence-electron chi connectivity index (χ4n) is 3.13. The zero-order chi connectivity index (χ0) is 21.6. The molecule has 156 valence electrons. The minimum absolute atomic E-state index is 0.217. The number of nitrogens with one attached hydrogen (secondary N) is 1. The molecule has 0 bridgehead atoms. The third kappa shape index (κ3) is 4.64. The van der Waals surface area contributed by atoms with E-state index in [1.165, 1.54) is 0 Å². The summed E-state index contributed by atoms with van der Waals surface area (Å²) in [7, 11) is 0. The topological polar surface area (TPSA) is 77.2 Å². The maximum absolute atomic E-state index is 12.7. The second-order valence-corrected chi connectivity index (χ2v) is 7.10. The Morgan fingerprint density at radius 2 is 1.65 bits per heavy atom. The van der Waals surface area contributed by atoms with Crippen molar-refractivity contribution < 1.29 is 13.9 Å². The summed E-state index contributed by atoms with van der Waals surface area (Å²) in [5.74, 6) is 1.32. The quantitative estimate of drug-likeness (QED) is 0.417. The van der Waals surface area contributed by atoms with E-state index in [0.717, 1.165) is 23.1 Å². The van der Waals surface area contributed by atoms with E-state index in [2.05, 4.69) is 15.5 Å². The molecule has 0 atom stereocenters. The van der Waals surface area contributed by atoms with Crippen molar-refractivity contribution >= 4 is 11.6 Å². The average Bonchev–Trinajstić information content (AvgIpc) is 3.29. The molecule has 0 spiro atoms. The summed E-state index contributed by atoms with van der Waals surface area (Å²) in [6, 6.07) is 22.3. The molecule has 31 heavy (non-hydrogen) atoms. The van der Waals surface area contributed by atoms with Crippen molar-refractivity contribution in [2.75, 3.05) is 11.9 Å². The number of para-hydroxylation sites is 2. The summed E-state index contributed by atoms with van der Waals surface area (Å²) in [6.45, 7) is 4.63. The van der Waals surface area contributed by atoms with Crippen LogP contribution in [0.2, 0.25) is 0 Å². The number of aromatic nitrogens is 2. The Hall–Kier alpha value is -3.93. The maximum atomic E-state index is 12.7. The summed E-state index contributed by atoms with van der Waals surface area (Å²) in [6.07, 6.45) is 0.894. The Kier molecular flexibility index (Phi) is 6.08. The number of anilines is 1. The van der Waals surface area contributed by atoms with Gasteiger partial charge in [0.25, 0.3) is 5.91 Å². The molecule has 1 N–H and O–H groups in total. The normalized spacial score (nSPS) is 10.6. The van der Waals surface area contributed by atoms with E-state index in [1.54, 1.807) is 24.3 Å². The molecular weight excluding hydrogens is 390 g/mol. The second kappa shape index (κ2) is 9.26. The van der Waals surface area contributed by atoms with Gasteiger partial charge in [-0.15, -0.1) is 10.2 Å². The number of nitrogens with zero attached hydrogens (tertiary/aromatic N) is 2. The SMILES string of the molecule is CCCOc1ccccc1NC(=O)c1ccc(-c2nnc(-c3ccccc3C)o2)cc1. The number of rotatable bonds is 7. The summed E-state index contributed by atoms with van der Waals surface area (Å²) in [5, 5.41) is 11.2. The van der Waals surface area contributed by atoms with Crippen molar-refractivity contribution in [2.24, 2.45) is 0 Å². The smallest absolute Gasteiger partial charge is 0.255 e. The number of hydrogen-bond acceptors (Lipinski definition) is 5. The molecule has 0 aliphatic heterocycles. The molecule has 0 saturated heterocycles. The molecule has 0 unspecified atom stereocenters. The zero-order valence-corrected chi connectivity index (χ0v) is 17.5. The fraction of sp³-hybridized carbons (Fsp3) is 0.160. The number of carbonyl (C=O) groups excluding carboxylic acids is 1. The van der Waals surface area contributed by atoms with Crippen molar-refractivity contribution in [1.82, 2.24) is 10.2 Å². The van der Waals surface area contributed by atoms with E-state index in [-0.39, 0.29) is 5.91 Å². The first-order chi connectivity index (χ1) is 15.2. The van der Waals surface area contributed by atoms with Gasteiger partial charge in [-0.05, 0) is 61.4 Å². The third-order valence-electron chi connectivity index (χ3n) is 4.79. The molecule has 4 aromatic rings. The van der Waals surface area contributed by atoms with Crippen LogP contribution in [-0.2, 0) is 0 Å². The molecule has 0 radical (unpaired) electrons. The summed E-state index contributed by atoms with van der Waals surface area (Å²) < 4.78 is 11.6. The van der Waals surface area contributed by atoms with E-state index in [4.69, 9.17) is 9.15 Å². The van der Waals surface area contributed by atoms with Crippen molar-refractivity contribution in [3.63, 3.8) is 0 Å². The number of hydrogen-bond donors (Lipinski definition) is 1. The van der Waals surface area contributed by atoms with E-state index in [9.17, 15) is 4.79 Å². The third-order valence-corrected chi connectivity index (χ3v) is 4.79. The van der Waals surface area contributed by atoms with E-state index in [0.29, 0.717) is 35.4 Å². The van der Waals surface area contributed by atoms with Crippen LogP contribution >= 0.6 is 0 Å². The van der Waals surface area contributed by atoms with E-state index in [1.807, 2.05) is 62.4 Å². The molecule has 0 aliphatic rings. The summed E-state index contributed by atoms with van der Waals surface area (Å²) in [4.78, 5) is 12.7. The molecular formula is C25H23N3O3. The van der Waals surface area contributed by atoms with Crippen molar-refractivity contribution in [3.05, 3.63) is 83.9 Å². The van der Waals surface area contributed by atoms with Gasteiger partial charge in [0.15, 0.2) is 0 Å². The lowest BCUT2D eigenvalue weighted by molar-refractivity contribution is 0.102. The van der Waals surface area contributed by atoms with Crippen LogP contribution < -0.4 is 10.1 Å². The first-order valence-electron chi connectivity index (χ1n) is 10.2. The monoisotopic (exact) mass is 413 g/mol. The van der Waals surface area contributed by atoms with Crippen LogP contribution in [-0.4, -0.2) is 22.7 Å². The van der Waals surface area contributed by atoms with Gasteiger partial charge in [0.05, 0.1) is 12.3 Å². The van der Waals surface area contributed by atoms with Gasteiger partial charge in [0.1, 0.15) is 5.75 Å². The van der Waals surface area contributed by atoms with Crippen molar-refractivity contribution in [2.45, 2.75) is 20.3 Å². The van der Waals surface area contributed by atoms with E-state index >= 15 is 0 Å². The number of carbonyl (C=O) groups is 1. The van der Waals surface area contributed by atoms with Gasteiger partial charge in [0, 0.05) is 16.7 Å². The van der Waals surface area contributed by atoms with Gasteiger partial charge >= 0.3 is 0 Å².